The Labute approximate surface area is 179 Å². The smallest absolute Gasteiger partial charge is 0.277 e. The van der Waals surface area contributed by atoms with Gasteiger partial charge in [-0.05, 0) is 57.2 Å². The first kappa shape index (κ1) is 21.6. The van der Waals surface area contributed by atoms with Crippen LogP contribution in [0.3, 0.4) is 0 Å². The van der Waals surface area contributed by atoms with E-state index in [-0.39, 0.29) is 17.4 Å². The second kappa shape index (κ2) is 10.1. The van der Waals surface area contributed by atoms with Crippen LogP contribution in [0.2, 0.25) is 0 Å². The Balaban J connectivity index is 1.57. The lowest BCUT2D eigenvalue weighted by Gasteiger charge is -2.20. The number of hydrogen-bond acceptors (Lipinski definition) is 7. The second-order valence-corrected chi connectivity index (χ2v) is 7.49. The molecule has 0 unspecified atom stereocenters. The number of nitrogens with one attached hydrogen (secondary N) is 1. The van der Waals surface area contributed by atoms with Gasteiger partial charge in [0.25, 0.3) is 5.22 Å². The minimum absolute atomic E-state index is 0.0519. The van der Waals surface area contributed by atoms with E-state index in [1.54, 1.807) is 24.3 Å². The quantitative estimate of drug-likeness (QED) is 0.399. The minimum Gasteiger partial charge on any atom is -0.411 e. The van der Waals surface area contributed by atoms with Crippen molar-refractivity contribution in [1.29, 1.82) is 0 Å². The van der Waals surface area contributed by atoms with Gasteiger partial charge < -0.3 is 14.6 Å². The predicted octanol–water partition coefficient (Wildman–Crippen LogP) is 4.52. The molecule has 30 heavy (non-hydrogen) atoms. The van der Waals surface area contributed by atoms with Gasteiger partial charge in [0.2, 0.25) is 11.8 Å². The summed E-state index contributed by atoms with van der Waals surface area (Å²) in [6.07, 6.45) is 0. The van der Waals surface area contributed by atoms with Crippen LogP contribution in [0, 0.1) is 0 Å². The van der Waals surface area contributed by atoms with Gasteiger partial charge in [-0.15, -0.1) is 10.2 Å². The van der Waals surface area contributed by atoms with Crippen molar-refractivity contribution in [3.8, 4) is 11.5 Å². The summed E-state index contributed by atoms with van der Waals surface area (Å²) in [7, 11) is 0. The molecule has 1 N–H and O–H groups in total. The number of nitrogens with zero attached hydrogens (tertiary/aromatic N) is 3. The molecule has 156 valence electrons. The number of ketones is 1. The van der Waals surface area contributed by atoms with Crippen molar-refractivity contribution in [2.45, 2.75) is 26.0 Å². The molecule has 0 saturated heterocycles. The molecule has 3 aromatic rings. The summed E-state index contributed by atoms with van der Waals surface area (Å²) < 4.78 is 5.68. The molecule has 3 rings (SSSR count). The van der Waals surface area contributed by atoms with Crippen molar-refractivity contribution < 1.29 is 14.0 Å². The van der Waals surface area contributed by atoms with E-state index < -0.39 is 0 Å². The van der Waals surface area contributed by atoms with Crippen molar-refractivity contribution >= 4 is 34.8 Å². The van der Waals surface area contributed by atoms with Crippen molar-refractivity contribution in [3.63, 3.8) is 0 Å². The molecule has 8 heteroatoms. The van der Waals surface area contributed by atoms with Gasteiger partial charge in [0, 0.05) is 35.6 Å². The van der Waals surface area contributed by atoms with Crippen LogP contribution in [0.25, 0.3) is 11.5 Å². The third kappa shape index (κ3) is 5.48. The number of rotatable bonds is 9. The summed E-state index contributed by atoms with van der Waals surface area (Å²) in [5.41, 5.74) is 3.10. The van der Waals surface area contributed by atoms with Gasteiger partial charge in [-0.2, -0.15) is 0 Å². The Bertz CT molecular complexity index is 1010. The first-order valence-electron chi connectivity index (χ1n) is 9.72. The van der Waals surface area contributed by atoms with Crippen LogP contribution in [0.4, 0.5) is 11.4 Å². The van der Waals surface area contributed by atoms with Gasteiger partial charge in [-0.3, -0.25) is 9.59 Å². The van der Waals surface area contributed by atoms with E-state index in [0.717, 1.165) is 36.1 Å². The van der Waals surface area contributed by atoms with E-state index in [1.165, 1.54) is 6.92 Å². The summed E-state index contributed by atoms with van der Waals surface area (Å²) in [5, 5.41) is 11.2. The number of anilines is 2. The second-order valence-electron chi connectivity index (χ2n) is 6.57. The highest BCUT2D eigenvalue weighted by Crippen LogP contribution is 2.25. The summed E-state index contributed by atoms with van der Waals surface area (Å²) in [6.45, 7) is 7.61. The maximum absolute atomic E-state index is 12.2. The van der Waals surface area contributed by atoms with Gasteiger partial charge in [-0.1, -0.05) is 23.9 Å². The number of carbonyl (C=O) groups is 2. The zero-order valence-corrected chi connectivity index (χ0v) is 18.0. The first-order valence-corrected chi connectivity index (χ1v) is 10.7. The molecule has 0 saturated carbocycles. The highest BCUT2D eigenvalue weighted by atomic mass is 32.2. The van der Waals surface area contributed by atoms with Crippen LogP contribution >= 0.6 is 11.8 Å². The molecule has 7 nitrogen and oxygen atoms in total. The lowest BCUT2D eigenvalue weighted by molar-refractivity contribution is -0.113. The van der Waals surface area contributed by atoms with Crippen molar-refractivity contribution in [3.05, 3.63) is 54.1 Å². The molecule has 0 aliphatic carbocycles. The standard InChI is InChI=1S/C22H24N4O3S/c1-4-26(5-2)19-11-9-16(10-12-19)21-24-25-22(29-21)30-14-20(28)23-18-8-6-7-17(13-18)15(3)27/h6-13H,4-5,14H2,1-3H3,(H,23,28). The number of aromatic nitrogens is 2. The van der Waals surface area contributed by atoms with E-state index in [0.29, 0.717) is 22.4 Å². The Morgan fingerprint density at radius 2 is 1.80 bits per heavy atom. The summed E-state index contributed by atoms with van der Waals surface area (Å²) in [5.74, 6) is 0.263. The van der Waals surface area contributed by atoms with Gasteiger partial charge in [0.05, 0.1) is 5.75 Å². The molecule has 0 spiro atoms. The third-order valence-corrected chi connectivity index (χ3v) is 5.35. The number of benzene rings is 2. The van der Waals surface area contributed by atoms with Crippen LogP contribution in [0.15, 0.2) is 58.2 Å². The Hall–Kier alpha value is -3.13. The van der Waals surface area contributed by atoms with Gasteiger partial charge >= 0.3 is 0 Å². The Kier molecular flexibility index (Phi) is 7.24. The monoisotopic (exact) mass is 424 g/mol. The maximum Gasteiger partial charge on any atom is 0.277 e. The lowest BCUT2D eigenvalue weighted by atomic mass is 10.1. The summed E-state index contributed by atoms with van der Waals surface area (Å²) >= 11 is 1.16. The molecule has 0 atom stereocenters. The Morgan fingerprint density at radius 3 is 2.47 bits per heavy atom. The number of amides is 1. The fourth-order valence-corrected chi connectivity index (χ4v) is 3.49. The highest BCUT2D eigenvalue weighted by molar-refractivity contribution is 7.99. The average Bonchev–Trinajstić information content (AvgIpc) is 3.23. The molecular weight excluding hydrogens is 400 g/mol. The predicted molar refractivity (Wildman–Crippen MR) is 119 cm³/mol. The molecule has 0 aliphatic rings. The normalized spacial score (nSPS) is 10.6. The number of hydrogen-bond donors (Lipinski definition) is 1. The van der Waals surface area contributed by atoms with Crippen molar-refractivity contribution in [2.75, 3.05) is 29.1 Å². The fourth-order valence-electron chi connectivity index (χ4n) is 2.93. The molecule has 0 radical (unpaired) electrons. The van der Waals surface area contributed by atoms with Crippen molar-refractivity contribution in [2.24, 2.45) is 0 Å². The molecule has 0 aliphatic heterocycles. The van der Waals surface area contributed by atoms with Gasteiger partial charge in [0.15, 0.2) is 5.78 Å². The lowest BCUT2D eigenvalue weighted by Crippen LogP contribution is -2.21. The van der Waals surface area contributed by atoms with E-state index in [9.17, 15) is 9.59 Å². The SMILES string of the molecule is CCN(CC)c1ccc(-c2nnc(SCC(=O)Nc3cccc(C(C)=O)c3)o2)cc1. The molecule has 0 bridgehead atoms. The van der Waals surface area contributed by atoms with Crippen LogP contribution in [-0.4, -0.2) is 40.7 Å². The van der Waals surface area contributed by atoms with Gasteiger partial charge in [-0.25, -0.2) is 0 Å². The minimum atomic E-state index is -0.218. The van der Waals surface area contributed by atoms with E-state index in [4.69, 9.17) is 4.42 Å². The van der Waals surface area contributed by atoms with Gasteiger partial charge in [0.1, 0.15) is 0 Å². The first-order chi connectivity index (χ1) is 14.5. The topological polar surface area (TPSA) is 88.3 Å². The van der Waals surface area contributed by atoms with Crippen LogP contribution in [0.5, 0.6) is 0 Å². The number of carbonyl (C=O) groups excluding carboxylic acids is 2. The van der Waals surface area contributed by atoms with Crippen LogP contribution < -0.4 is 10.2 Å². The van der Waals surface area contributed by atoms with E-state index in [1.807, 2.05) is 24.3 Å². The van der Waals surface area contributed by atoms with E-state index >= 15 is 0 Å². The summed E-state index contributed by atoms with van der Waals surface area (Å²) in [6, 6.07) is 14.8. The van der Waals surface area contributed by atoms with Crippen molar-refractivity contribution in [1.82, 2.24) is 10.2 Å². The van der Waals surface area contributed by atoms with E-state index in [2.05, 4.69) is 34.3 Å². The molecule has 0 fully saturated rings. The molecule has 1 heterocycles. The average molecular weight is 425 g/mol. The number of Topliss-reactive ketones (excluding diaryl/α,β-unsaturated/α-hetero) is 1. The zero-order valence-electron chi connectivity index (χ0n) is 17.2. The zero-order chi connectivity index (χ0) is 21.5. The van der Waals surface area contributed by atoms with Crippen LogP contribution in [-0.2, 0) is 4.79 Å². The largest absolute Gasteiger partial charge is 0.411 e. The maximum atomic E-state index is 12.2. The highest BCUT2D eigenvalue weighted by Gasteiger charge is 2.12. The molecule has 1 aromatic heterocycles. The van der Waals surface area contributed by atoms with Crippen LogP contribution in [0.1, 0.15) is 31.1 Å². The summed E-state index contributed by atoms with van der Waals surface area (Å²) in [4.78, 5) is 25.9. The third-order valence-electron chi connectivity index (χ3n) is 4.53. The fraction of sp³-hybridized carbons (Fsp3) is 0.273. The number of thioether (sulfide) groups is 1. The molecule has 2 aromatic carbocycles. The molecule has 1 amide bonds. The Morgan fingerprint density at radius 1 is 1.07 bits per heavy atom. The molecular formula is C22H24N4O3S.